The van der Waals surface area contributed by atoms with E-state index >= 15 is 0 Å². The molecule has 4 nitrogen and oxygen atoms in total. The van der Waals surface area contributed by atoms with Gasteiger partial charge >= 0.3 is 0 Å². The molecule has 1 amide bonds. The second-order valence-electron chi connectivity index (χ2n) is 5.76. The van der Waals surface area contributed by atoms with Crippen molar-refractivity contribution in [3.63, 3.8) is 0 Å². The summed E-state index contributed by atoms with van der Waals surface area (Å²) in [4.78, 5) is 11.5. The number of ether oxygens (including phenoxy) is 1. The first-order chi connectivity index (χ1) is 12.7. The van der Waals surface area contributed by atoms with Crippen LogP contribution in [0.25, 0.3) is 11.1 Å². The molecule has 128 valence electrons. The molecule has 0 fully saturated rings. The molecule has 0 saturated carbocycles. The second kappa shape index (κ2) is 8.50. The maximum absolute atomic E-state index is 11.5. The highest BCUT2D eigenvalue weighted by atomic mass is 16.5. The summed E-state index contributed by atoms with van der Waals surface area (Å²) in [5, 5.41) is 11.2. The van der Waals surface area contributed by atoms with Gasteiger partial charge < -0.3 is 10.1 Å². The van der Waals surface area contributed by atoms with Gasteiger partial charge in [-0.25, -0.2) is 0 Å². The number of benzene rings is 3. The molecule has 4 heteroatoms. The number of hydrogen-bond donors (Lipinski definition) is 1. The van der Waals surface area contributed by atoms with E-state index in [1.165, 1.54) is 0 Å². The zero-order chi connectivity index (χ0) is 18.2. The number of nitrogens with zero attached hydrogens (tertiary/aromatic N) is 1. The lowest BCUT2D eigenvalue weighted by Crippen LogP contribution is -2.09. The predicted molar refractivity (Wildman–Crippen MR) is 102 cm³/mol. The maximum atomic E-state index is 11.5. The van der Waals surface area contributed by atoms with Gasteiger partial charge in [0.25, 0.3) is 0 Å². The number of carbonyl (C=O) groups excluding carboxylic acids is 1. The molecule has 26 heavy (non-hydrogen) atoms. The lowest BCUT2D eigenvalue weighted by atomic mass is 10.1. The number of carbonyl (C=O) groups is 1. The van der Waals surface area contributed by atoms with Gasteiger partial charge in [-0.2, -0.15) is 5.26 Å². The highest BCUT2D eigenvalue weighted by Gasteiger charge is 2.04. The molecule has 0 aliphatic heterocycles. The van der Waals surface area contributed by atoms with Crippen molar-refractivity contribution in [3.8, 4) is 22.9 Å². The van der Waals surface area contributed by atoms with Crippen LogP contribution < -0.4 is 10.1 Å². The van der Waals surface area contributed by atoms with E-state index in [4.69, 9.17) is 10.00 Å². The Morgan fingerprint density at radius 2 is 1.69 bits per heavy atom. The molecule has 0 bridgehead atoms. The van der Waals surface area contributed by atoms with Crippen molar-refractivity contribution in [2.75, 3.05) is 5.32 Å². The number of rotatable bonds is 6. The Hall–Kier alpha value is -3.58. The normalized spacial score (nSPS) is 9.96. The molecule has 0 aliphatic rings. The molecule has 0 unspecified atom stereocenters. The van der Waals surface area contributed by atoms with E-state index in [0.29, 0.717) is 12.3 Å². The number of nitriles is 1. The van der Waals surface area contributed by atoms with Crippen LogP contribution in [0.5, 0.6) is 5.75 Å². The van der Waals surface area contributed by atoms with Crippen molar-refractivity contribution in [2.24, 2.45) is 0 Å². The molecule has 0 atom stereocenters. The fraction of sp³-hybridized carbons (Fsp3) is 0.0909. The second-order valence-corrected chi connectivity index (χ2v) is 5.76. The SMILES string of the molecule is N#CCC(=O)Nc1ccc(-c2cccc(OCc3ccccc3)c2)cc1. The number of anilines is 1. The van der Waals surface area contributed by atoms with Crippen LogP contribution in [0.15, 0.2) is 78.9 Å². The van der Waals surface area contributed by atoms with Crippen LogP contribution in [0.2, 0.25) is 0 Å². The summed E-state index contributed by atoms with van der Waals surface area (Å²) in [6, 6.07) is 27.3. The minimum atomic E-state index is -0.309. The number of hydrogen-bond acceptors (Lipinski definition) is 3. The van der Waals surface area contributed by atoms with E-state index in [0.717, 1.165) is 22.4 Å². The lowest BCUT2D eigenvalue weighted by Gasteiger charge is -2.09. The molecule has 0 aromatic heterocycles. The minimum Gasteiger partial charge on any atom is -0.489 e. The standard InChI is InChI=1S/C22H18N2O2/c23-14-13-22(25)24-20-11-9-18(10-12-20)19-7-4-8-21(15-19)26-16-17-5-2-1-3-6-17/h1-12,15H,13,16H2,(H,24,25). The lowest BCUT2D eigenvalue weighted by molar-refractivity contribution is -0.115. The van der Waals surface area contributed by atoms with Crippen LogP contribution in [0.4, 0.5) is 5.69 Å². The first-order valence-electron chi connectivity index (χ1n) is 8.28. The number of nitrogens with one attached hydrogen (secondary N) is 1. The van der Waals surface area contributed by atoms with E-state index in [1.807, 2.05) is 84.9 Å². The topological polar surface area (TPSA) is 62.1 Å². The van der Waals surface area contributed by atoms with Gasteiger partial charge in [0.05, 0.1) is 6.07 Å². The zero-order valence-corrected chi connectivity index (χ0v) is 14.2. The summed E-state index contributed by atoms with van der Waals surface area (Å²) >= 11 is 0. The Morgan fingerprint density at radius 3 is 2.42 bits per heavy atom. The molecule has 0 spiro atoms. The Labute approximate surface area is 152 Å². The van der Waals surface area contributed by atoms with Crippen LogP contribution in [0, 0.1) is 11.3 Å². The van der Waals surface area contributed by atoms with Gasteiger partial charge in [0, 0.05) is 5.69 Å². The van der Waals surface area contributed by atoms with E-state index < -0.39 is 0 Å². The van der Waals surface area contributed by atoms with Crippen LogP contribution in [0.3, 0.4) is 0 Å². The van der Waals surface area contributed by atoms with E-state index in [1.54, 1.807) is 0 Å². The summed E-state index contributed by atoms with van der Waals surface area (Å²) < 4.78 is 5.87. The smallest absolute Gasteiger partial charge is 0.238 e. The summed E-state index contributed by atoms with van der Waals surface area (Å²) in [7, 11) is 0. The van der Waals surface area contributed by atoms with Gasteiger partial charge in [-0.15, -0.1) is 0 Å². The highest BCUT2D eigenvalue weighted by Crippen LogP contribution is 2.25. The third-order valence-electron chi connectivity index (χ3n) is 3.82. The van der Waals surface area contributed by atoms with Gasteiger partial charge in [0.2, 0.25) is 5.91 Å². The average Bonchev–Trinajstić information content (AvgIpc) is 2.68. The van der Waals surface area contributed by atoms with Crippen LogP contribution in [-0.4, -0.2) is 5.91 Å². The molecule has 1 N–H and O–H groups in total. The van der Waals surface area contributed by atoms with Gasteiger partial charge in [0.1, 0.15) is 18.8 Å². The summed E-state index contributed by atoms with van der Waals surface area (Å²) in [6.07, 6.45) is -0.150. The van der Waals surface area contributed by atoms with Crippen molar-refractivity contribution in [2.45, 2.75) is 13.0 Å². The molecule has 0 radical (unpaired) electrons. The van der Waals surface area contributed by atoms with Gasteiger partial charge in [-0.1, -0.05) is 54.6 Å². The van der Waals surface area contributed by atoms with Crippen LogP contribution >= 0.6 is 0 Å². The van der Waals surface area contributed by atoms with Crippen LogP contribution in [0.1, 0.15) is 12.0 Å². The first-order valence-corrected chi connectivity index (χ1v) is 8.28. The molecular weight excluding hydrogens is 324 g/mol. The molecule has 0 aliphatic carbocycles. The molecule has 3 rings (SSSR count). The third-order valence-corrected chi connectivity index (χ3v) is 3.82. The van der Waals surface area contributed by atoms with Crippen LogP contribution in [-0.2, 0) is 11.4 Å². The van der Waals surface area contributed by atoms with Gasteiger partial charge in [-0.3, -0.25) is 4.79 Å². The van der Waals surface area contributed by atoms with Gasteiger partial charge in [0.15, 0.2) is 0 Å². The first kappa shape index (κ1) is 17.2. The molecule has 3 aromatic carbocycles. The van der Waals surface area contributed by atoms with E-state index in [9.17, 15) is 4.79 Å². The van der Waals surface area contributed by atoms with Crippen molar-refractivity contribution in [1.82, 2.24) is 0 Å². The zero-order valence-electron chi connectivity index (χ0n) is 14.2. The molecule has 3 aromatic rings. The maximum Gasteiger partial charge on any atom is 0.238 e. The monoisotopic (exact) mass is 342 g/mol. The van der Waals surface area contributed by atoms with Gasteiger partial charge in [-0.05, 0) is 41.0 Å². The highest BCUT2D eigenvalue weighted by molar-refractivity contribution is 5.92. The largest absolute Gasteiger partial charge is 0.489 e. The Bertz CT molecular complexity index is 913. The molecular formula is C22H18N2O2. The fourth-order valence-corrected chi connectivity index (χ4v) is 2.53. The molecule has 0 heterocycles. The fourth-order valence-electron chi connectivity index (χ4n) is 2.53. The summed E-state index contributed by atoms with van der Waals surface area (Å²) in [5.74, 6) is 0.495. The molecule has 0 saturated heterocycles. The number of amides is 1. The van der Waals surface area contributed by atoms with E-state index in [2.05, 4.69) is 5.32 Å². The van der Waals surface area contributed by atoms with Crippen molar-refractivity contribution < 1.29 is 9.53 Å². The van der Waals surface area contributed by atoms with Crippen molar-refractivity contribution >= 4 is 11.6 Å². The Balaban J connectivity index is 1.67. The minimum absolute atomic E-state index is 0.150. The summed E-state index contributed by atoms with van der Waals surface area (Å²) in [6.45, 7) is 0.522. The Kier molecular flexibility index (Phi) is 5.64. The van der Waals surface area contributed by atoms with Crippen molar-refractivity contribution in [1.29, 1.82) is 5.26 Å². The summed E-state index contributed by atoms with van der Waals surface area (Å²) in [5.41, 5.74) is 3.85. The van der Waals surface area contributed by atoms with E-state index in [-0.39, 0.29) is 12.3 Å². The van der Waals surface area contributed by atoms with Crippen molar-refractivity contribution in [3.05, 3.63) is 84.4 Å². The predicted octanol–water partition coefficient (Wildman–Crippen LogP) is 4.78. The Morgan fingerprint density at radius 1 is 0.923 bits per heavy atom. The quantitative estimate of drug-likeness (QED) is 0.701. The average molecular weight is 342 g/mol. The third kappa shape index (κ3) is 4.71.